The topological polar surface area (TPSA) is 141 Å². The first-order valence-corrected chi connectivity index (χ1v) is 19.1. The highest BCUT2D eigenvalue weighted by Crippen LogP contribution is 2.27. The van der Waals surface area contributed by atoms with Crippen molar-refractivity contribution in [3.63, 3.8) is 0 Å². The zero-order valence-electron chi connectivity index (χ0n) is 30.4. The van der Waals surface area contributed by atoms with Gasteiger partial charge in [0.2, 0.25) is 0 Å². The highest BCUT2D eigenvalue weighted by atomic mass is 127. The van der Waals surface area contributed by atoms with Gasteiger partial charge in [0.25, 0.3) is 11.8 Å². The number of hydrogen-bond donors (Lipinski definition) is 6. The van der Waals surface area contributed by atoms with Crippen LogP contribution in [0.1, 0.15) is 66.0 Å². The van der Waals surface area contributed by atoms with Crippen LogP contribution in [-0.4, -0.2) is 47.4 Å². The lowest BCUT2D eigenvalue weighted by molar-refractivity contribution is -0.0268. The molecule has 14 heteroatoms. The minimum Gasteiger partial charge on any atom is -0.391 e. The van der Waals surface area contributed by atoms with Crippen LogP contribution in [0.25, 0.3) is 0 Å². The zero-order valence-corrected chi connectivity index (χ0v) is 34.7. The molecule has 0 aliphatic carbocycles. The number of halogens is 4. The maximum Gasteiger partial charge on any atom is 0.276 e. The van der Waals surface area contributed by atoms with Crippen molar-refractivity contribution >= 4 is 79.7 Å². The van der Waals surface area contributed by atoms with Crippen molar-refractivity contribution in [2.45, 2.75) is 60.2 Å². The van der Waals surface area contributed by atoms with Crippen LogP contribution in [0.15, 0.2) is 72.8 Å². The van der Waals surface area contributed by atoms with E-state index in [2.05, 4.69) is 66.8 Å². The first-order chi connectivity index (χ1) is 25.0. The van der Waals surface area contributed by atoms with Gasteiger partial charge in [-0.25, -0.2) is 19.7 Å². The van der Waals surface area contributed by atoms with Gasteiger partial charge in [-0.15, -0.1) is 0 Å². The predicted octanol–water partition coefficient (Wildman–Crippen LogP) is 8.71. The van der Waals surface area contributed by atoms with Gasteiger partial charge in [-0.1, -0.05) is 27.7 Å². The molecule has 4 rings (SSSR count). The number of nitrogens with one attached hydrogen (secondary N) is 4. The van der Waals surface area contributed by atoms with Crippen LogP contribution in [0.2, 0.25) is 0 Å². The molecule has 0 saturated heterocycles. The van der Waals surface area contributed by atoms with E-state index in [1.165, 1.54) is 36.4 Å². The third-order valence-corrected chi connectivity index (χ3v) is 9.08. The van der Waals surface area contributed by atoms with Gasteiger partial charge in [0.05, 0.1) is 34.7 Å². The number of amides is 2. The fourth-order valence-electron chi connectivity index (χ4n) is 4.77. The lowest BCUT2D eigenvalue weighted by Gasteiger charge is -2.16. The van der Waals surface area contributed by atoms with Crippen molar-refractivity contribution in [1.82, 2.24) is 11.0 Å². The number of hydroxylamine groups is 2. The maximum atomic E-state index is 13.7. The van der Waals surface area contributed by atoms with Gasteiger partial charge in [-0.3, -0.25) is 19.3 Å². The number of aryl methyl sites for hydroxylation is 2. The zero-order chi connectivity index (χ0) is 39.2. The third kappa shape index (κ3) is 14.7. The normalized spacial score (nSPS) is 12.1. The molecule has 2 amide bonds. The number of aliphatic hydroxyl groups is 2. The van der Waals surface area contributed by atoms with E-state index in [9.17, 15) is 28.6 Å². The van der Waals surface area contributed by atoms with Crippen LogP contribution in [0.5, 0.6) is 0 Å². The monoisotopic (exact) mass is 958 g/mol. The number of anilines is 4. The second-order valence-electron chi connectivity index (χ2n) is 13.1. The molecule has 0 radical (unpaired) electrons. The molecule has 286 valence electrons. The molecule has 0 aliphatic rings. The minimum atomic E-state index is -0.685. The summed E-state index contributed by atoms with van der Waals surface area (Å²) in [6, 6.07) is 19.3. The summed E-state index contributed by atoms with van der Waals surface area (Å²) >= 11 is 4.43. The number of carbonyl (C=O) groups excluding carboxylic acids is 2. The Hall–Kier alpha value is -3.42. The quantitative estimate of drug-likeness (QED) is 0.0514. The van der Waals surface area contributed by atoms with Gasteiger partial charge in [-0.2, -0.15) is 0 Å². The second-order valence-corrected chi connectivity index (χ2v) is 15.6. The number of aliphatic hydroxyl groups excluding tert-OH is 2. The number of benzene rings is 4. The molecule has 2 atom stereocenters. The van der Waals surface area contributed by atoms with Crippen LogP contribution >= 0.6 is 45.2 Å². The van der Waals surface area contributed by atoms with E-state index in [-0.39, 0.29) is 30.3 Å². The first kappa shape index (κ1) is 44.0. The predicted molar refractivity (Wildman–Crippen MR) is 220 cm³/mol. The Balaban J connectivity index is 0.000000286. The molecule has 0 bridgehead atoms. The summed E-state index contributed by atoms with van der Waals surface area (Å²) in [5.74, 6) is -1.61. The van der Waals surface area contributed by atoms with Crippen LogP contribution in [0, 0.1) is 44.5 Å². The van der Waals surface area contributed by atoms with Crippen LogP contribution in [0.3, 0.4) is 0 Å². The van der Waals surface area contributed by atoms with Crippen LogP contribution in [0.4, 0.5) is 31.5 Å². The average Bonchev–Trinajstić information content (AvgIpc) is 3.07. The summed E-state index contributed by atoms with van der Waals surface area (Å²) in [4.78, 5) is 35.0. The SMILES string of the molecule is Cc1cc(I)ccc1Nc1cc(F)ccc1C(=O)NOCC(O)C(C)C.Cc1cc(I)ccc1Nc1cc(F)ccc1C(=O)NOCC(O)CC(C)C. The van der Waals surface area contributed by atoms with E-state index >= 15 is 0 Å². The Bertz CT molecular complexity index is 1850. The first-order valence-electron chi connectivity index (χ1n) is 16.9. The fourth-order valence-corrected chi connectivity index (χ4v) is 6.07. The molecule has 0 aliphatic heterocycles. The van der Waals surface area contributed by atoms with Crippen LogP contribution < -0.4 is 21.6 Å². The Kier molecular flexibility index (Phi) is 17.8. The van der Waals surface area contributed by atoms with Gasteiger partial charge in [0.1, 0.15) is 24.8 Å². The molecule has 4 aromatic rings. The van der Waals surface area contributed by atoms with Gasteiger partial charge in [0, 0.05) is 18.5 Å². The molecular weight excluding hydrogens is 912 g/mol. The Labute approximate surface area is 336 Å². The molecule has 4 aromatic carbocycles. The smallest absolute Gasteiger partial charge is 0.276 e. The van der Waals surface area contributed by atoms with Gasteiger partial charge in [0.15, 0.2) is 0 Å². The van der Waals surface area contributed by atoms with E-state index in [1.807, 2.05) is 77.9 Å². The Morgan fingerprint density at radius 2 is 1.09 bits per heavy atom. The lowest BCUT2D eigenvalue weighted by atomic mass is 10.1. The summed E-state index contributed by atoms with van der Waals surface area (Å²) in [5, 5.41) is 25.7. The molecule has 10 nitrogen and oxygen atoms in total. The summed E-state index contributed by atoms with van der Waals surface area (Å²) in [7, 11) is 0. The summed E-state index contributed by atoms with van der Waals surface area (Å²) < 4.78 is 29.6. The van der Waals surface area contributed by atoms with Crippen LogP contribution in [-0.2, 0) is 9.68 Å². The van der Waals surface area contributed by atoms with E-state index < -0.39 is 35.7 Å². The maximum absolute atomic E-state index is 13.7. The van der Waals surface area contributed by atoms with E-state index in [4.69, 9.17) is 9.68 Å². The Morgan fingerprint density at radius 3 is 1.49 bits per heavy atom. The van der Waals surface area contributed by atoms with Crippen molar-refractivity contribution < 1.29 is 38.3 Å². The molecule has 2 unspecified atom stereocenters. The molecule has 0 aromatic heterocycles. The highest BCUT2D eigenvalue weighted by Gasteiger charge is 2.17. The third-order valence-electron chi connectivity index (χ3n) is 7.74. The molecule has 0 heterocycles. The van der Waals surface area contributed by atoms with E-state index in [0.29, 0.717) is 23.7 Å². The highest BCUT2D eigenvalue weighted by molar-refractivity contribution is 14.1. The average molecular weight is 959 g/mol. The molecule has 0 saturated carbocycles. The van der Waals surface area contributed by atoms with Crippen molar-refractivity contribution in [2.75, 3.05) is 23.8 Å². The van der Waals surface area contributed by atoms with Gasteiger partial charge >= 0.3 is 0 Å². The van der Waals surface area contributed by atoms with Crippen molar-refractivity contribution in [1.29, 1.82) is 0 Å². The van der Waals surface area contributed by atoms with Gasteiger partial charge in [-0.05, 0) is 161 Å². The van der Waals surface area contributed by atoms with Crippen molar-refractivity contribution in [3.05, 3.63) is 114 Å². The summed E-state index contributed by atoms with van der Waals surface area (Å²) in [6.45, 7) is 11.5. The largest absolute Gasteiger partial charge is 0.391 e. The molecule has 6 N–H and O–H groups in total. The number of hydrogen-bond acceptors (Lipinski definition) is 8. The molecule has 53 heavy (non-hydrogen) atoms. The Morgan fingerprint density at radius 1 is 0.660 bits per heavy atom. The fraction of sp³-hybridized carbons (Fsp3) is 0.333. The summed E-state index contributed by atoms with van der Waals surface area (Å²) in [5.41, 5.74) is 9.27. The van der Waals surface area contributed by atoms with E-state index in [1.54, 1.807) is 0 Å². The van der Waals surface area contributed by atoms with Crippen molar-refractivity contribution in [3.8, 4) is 0 Å². The van der Waals surface area contributed by atoms with Crippen molar-refractivity contribution in [2.24, 2.45) is 11.8 Å². The standard InChI is InChI=1S/C20H24FIN2O3.C19H22FIN2O3/c1-12(2)8-16(25)11-27-24-20(26)17-6-4-14(21)10-19(17)23-18-7-5-15(22)9-13(18)3;1-11(2)18(24)10-26-23-19(25)15-6-4-13(20)9-17(15)22-16-7-5-14(21)8-12(16)3/h4-7,9-10,12,16,23,25H,8,11H2,1-3H3,(H,24,26);4-9,11,18,22,24H,10H2,1-3H3,(H,23,25). The number of carbonyl (C=O) groups is 2. The second kappa shape index (κ2) is 21.5. The molecule has 0 fully saturated rings. The summed E-state index contributed by atoms with van der Waals surface area (Å²) in [6.07, 6.45) is -0.771. The van der Waals surface area contributed by atoms with E-state index in [0.717, 1.165) is 29.6 Å². The minimum absolute atomic E-state index is 0.00981. The molecule has 0 spiro atoms. The lowest BCUT2D eigenvalue weighted by Crippen LogP contribution is -2.30. The molecular formula is C39H46F2I2N4O6. The number of rotatable bonds is 15. The van der Waals surface area contributed by atoms with Gasteiger partial charge < -0.3 is 20.8 Å².